The molecule has 8 nitrogen and oxygen atoms in total. The van der Waals surface area contributed by atoms with E-state index >= 15 is 0 Å². The molecule has 0 saturated heterocycles. The molecule has 0 fully saturated rings. The van der Waals surface area contributed by atoms with Gasteiger partial charge in [-0.25, -0.2) is 4.79 Å². The van der Waals surface area contributed by atoms with E-state index in [2.05, 4.69) is 4.98 Å². The Morgan fingerprint density at radius 2 is 1.84 bits per heavy atom. The van der Waals surface area contributed by atoms with Crippen molar-refractivity contribution >= 4 is 11.9 Å². The van der Waals surface area contributed by atoms with Crippen LogP contribution in [0, 0.1) is 0 Å². The normalized spacial score (nSPS) is 10.9. The maximum atomic E-state index is 12.7. The van der Waals surface area contributed by atoms with E-state index in [0.29, 0.717) is 23.5 Å². The number of aromatic amines is 1. The third kappa shape index (κ3) is 4.92. The first-order valence-electron chi connectivity index (χ1n) is 9.49. The van der Waals surface area contributed by atoms with Gasteiger partial charge >= 0.3 is 5.69 Å². The molecule has 0 atom stereocenters. The van der Waals surface area contributed by atoms with E-state index in [1.54, 1.807) is 18.2 Å². The molecule has 0 aliphatic carbocycles. The third-order valence-electron chi connectivity index (χ3n) is 4.74. The number of rotatable bonds is 8. The Balaban J connectivity index is 1.92. The summed E-state index contributed by atoms with van der Waals surface area (Å²) in [6, 6.07) is 14.4. The Morgan fingerprint density at radius 3 is 2.52 bits per heavy atom. The van der Waals surface area contributed by atoms with E-state index < -0.39 is 28.5 Å². The number of carbonyl (C=O) groups is 1. The first kappa shape index (κ1) is 21.6. The Hall–Kier alpha value is -4.07. The number of benzene rings is 2. The molecular weight excluding hydrogens is 400 g/mol. The molecule has 1 aromatic heterocycles. The van der Waals surface area contributed by atoms with Crippen LogP contribution in [0.15, 0.2) is 64.2 Å². The van der Waals surface area contributed by atoms with Gasteiger partial charge in [0.15, 0.2) is 5.78 Å². The number of H-pyrrole nitrogens is 1. The molecule has 0 bridgehead atoms. The lowest BCUT2D eigenvalue weighted by Crippen LogP contribution is -2.34. The molecule has 0 aliphatic rings. The van der Waals surface area contributed by atoms with Crippen LogP contribution in [0.25, 0.3) is 6.08 Å². The molecule has 2 aromatic carbocycles. The number of nitrogens with zero attached hydrogens (tertiary/aromatic N) is 1. The SMILES string of the molecule is COc1ccc(OC)c(C=CC(=O)c2c(O)n(CCc3ccccc3)c(=O)[nH]c2=O)c1. The van der Waals surface area contributed by atoms with Crippen molar-refractivity contribution in [3.8, 4) is 17.4 Å². The maximum absolute atomic E-state index is 12.7. The summed E-state index contributed by atoms with van der Waals surface area (Å²) in [4.78, 5) is 39.2. The Bertz CT molecular complexity index is 1230. The van der Waals surface area contributed by atoms with Crippen LogP contribution < -0.4 is 20.7 Å². The number of aromatic nitrogens is 2. The summed E-state index contributed by atoms with van der Waals surface area (Å²) in [5.41, 5.74) is -0.758. The van der Waals surface area contributed by atoms with Gasteiger partial charge in [-0.3, -0.25) is 19.1 Å². The van der Waals surface area contributed by atoms with Crippen molar-refractivity contribution in [2.75, 3.05) is 14.2 Å². The van der Waals surface area contributed by atoms with Crippen molar-refractivity contribution in [1.29, 1.82) is 0 Å². The van der Waals surface area contributed by atoms with E-state index in [0.717, 1.165) is 16.2 Å². The molecule has 31 heavy (non-hydrogen) atoms. The van der Waals surface area contributed by atoms with Gasteiger partial charge in [0.05, 0.1) is 14.2 Å². The predicted molar refractivity (Wildman–Crippen MR) is 116 cm³/mol. The van der Waals surface area contributed by atoms with Gasteiger partial charge in [0.2, 0.25) is 5.88 Å². The van der Waals surface area contributed by atoms with Crippen LogP contribution in [0.1, 0.15) is 21.5 Å². The highest BCUT2D eigenvalue weighted by Crippen LogP contribution is 2.25. The Labute approximate surface area is 178 Å². The van der Waals surface area contributed by atoms with E-state index in [-0.39, 0.29) is 6.54 Å². The lowest BCUT2D eigenvalue weighted by molar-refractivity contribution is 0.104. The highest BCUT2D eigenvalue weighted by molar-refractivity contribution is 6.08. The number of aromatic hydroxyl groups is 1. The average molecular weight is 422 g/mol. The molecule has 0 spiro atoms. The van der Waals surface area contributed by atoms with E-state index in [1.165, 1.54) is 20.3 Å². The zero-order valence-corrected chi connectivity index (χ0v) is 17.1. The number of allylic oxidation sites excluding steroid dienone is 1. The number of hydrogen-bond donors (Lipinski definition) is 2. The molecule has 0 aliphatic heterocycles. The minimum absolute atomic E-state index is 0.0964. The van der Waals surface area contributed by atoms with Gasteiger partial charge in [-0.15, -0.1) is 0 Å². The molecule has 1 heterocycles. The van der Waals surface area contributed by atoms with E-state index in [4.69, 9.17) is 9.47 Å². The summed E-state index contributed by atoms with van der Waals surface area (Å²) in [6.45, 7) is 0.0964. The van der Waals surface area contributed by atoms with Gasteiger partial charge < -0.3 is 14.6 Å². The molecule has 0 saturated carbocycles. The number of nitrogens with one attached hydrogen (secondary N) is 1. The van der Waals surface area contributed by atoms with Gasteiger partial charge in [0.1, 0.15) is 17.1 Å². The first-order valence-corrected chi connectivity index (χ1v) is 9.49. The van der Waals surface area contributed by atoms with Crippen LogP contribution in [0.3, 0.4) is 0 Å². The molecular formula is C23H22N2O6. The zero-order chi connectivity index (χ0) is 22.4. The highest BCUT2D eigenvalue weighted by atomic mass is 16.5. The van der Waals surface area contributed by atoms with Gasteiger partial charge in [-0.1, -0.05) is 30.3 Å². The van der Waals surface area contributed by atoms with Gasteiger partial charge in [-0.2, -0.15) is 0 Å². The molecule has 0 radical (unpaired) electrons. The van der Waals surface area contributed by atoms with Crippen LogP contribution in [-0.4, -0.2) is 34.7 Å². The molecule has 0 unspecified atom stereocenters. The fraction of sp³-hybridized carbons (Fsp3) is 0.174. The lowest BCUT2D eigenvalue weighted by Gasteiger charge is -2.10. The summed E-state index contributed by atoms with van der Waals surface area (Å²) in [6.07, 6.45) is 3.01. The van der Waals surface area contributed by atoms with Crippen molar-refractivity contribution in [3.05, 3.63) is 92.1 Å². The fourth-order valence-electron chi connectivity index (χ4n) is 3.09. The first-order chi connectivity index (χ1) is 14.9. The van der Waals surface area contributed by atoms with Crippen molar-refractivity contribution in [2.24, 2.45) is 0 Å². The number of methoxy groups -OCH3 is 2. The van der Waals surface area contributed by atoms with Crippen LogP contribution >= 0.6 is 0 Å². The van der Waals surface area contributed by atoms with Crippen LogP contribution in [0.4, 0.5) is 0 Å². The topological polar surface area (TPSA) is 111 Å². The number of aryl methyl sites for hydroxylation is 1. The average Bonchev–Trinajstić information content (AvgIpc) is 2.77. The molecule has 0 amide bonds. The van der Waals surface area contributed by atoms with Crippen LogP contribution in [0.2, 0.25) is 0 Å². The monoisotopic (exact) mass is 422 g/mol. The van der Waals surface area contributed by atoms with Crippen molar-refractivity contribution in [2.45, 2.75) is 13.0 Å². The van der Waals surface area contributed by atoms with E-state index in [9.17, 15) is 19.5 Å². The van der Waals surface area contributed by atoms with Gasteiger partial charge in [-0.05, 0) is 42.3 Å². The summed E-state index contributed by atoms with van der Waals surface area (Å²) < 4.78 is 11.4. The second-order valence-corrected chi connectivity index (χ2v) is 6.65. The standard InChI is InChI=1S/C23H22N2O6/c1-30-17-9-11-19(31-2)16(14-17)8-10-18(26)20-21(27)24-23(29)25(22(20)28)13-12-15-6-4-3-5-7-15/h3-11,14,28H,12-13H2,1-2H3,(H,24,27,29). The Morgan fingerprint density at radius 1 is 1.10 bits per heavy atom. The highest BCUT2D eigenvalue weighted by Gasteiger charge is 2.19. The summed E-state index contributed by atoms with van der Waals surface area (Å²) in [5.74, 6) is -0.368. The Kier molecular flexibility index (Phi) is 6.71. The summed E-state index contributed by atoms with van der Waals surface area (Å²) in [5, 5.41) is 10.5. The molecule has 160 valence electrons. The second kappa shape index (κ2) is 9.62. The molecule has 2 N–H and O–H groups in total. The zero-order valence-electron chi connectivity index (χ0n) is 17.1. The molecule has 3 rings (SSSR count). The van der Waals surface area contributed by atoms with Crippen molar-refractivity contribution < 1.29 is 19.4 Å². The minimum atomic E-state index is -0.953. The predicted octanol–water partition coefficient (Wildman–Crippen LogP) is 2.40. The number of ketones is 1. The fourth-order valence-corrected chi connectivity index (χ4v) is 3.09. The molecule has 8 heteroatoms. The van der Waals surface area contributed by atoms with E-state index in [1.807, 2.05) is 30.3 Å². The third-order valence-corrected chi connectivity index (χ3v) is 4.74. The minimum Gasteiger partial charge on any atom is -0.497 e. The van der Waals surface area contributed by atoms with Crippen LogP contribution in [-0.2, 0) is 13.0 Å². The smallest absolute Gasteiger partial charge is 0.331 e. The van der Waals surface area contributed by atoms with Gasteiger partial charge in [0, 0.05) is 12.1 Å². The molecule has 3 aromatic rings. The number of carbonyl (C=O) groups excluding carboxylic acids is 1. The van der Waals surface area contributed by atoms with Gasteiger partial charge in [0.25, 0.3) is 5.56 Å². The van der Waals surface area contributed by atoms with Crippen molar-refractivity contribution in [3.63, 3.8) is 0 Å². The second-order valence-electron chi connectivity index (χ2n) is 6.65. The summed E-state index contributed by atoms with van der Waals surface area (Å²) >= 11 is 0. The summed E-state index contributed by atoms with van der Waals surface area (Å²) in [7, 11) is 3.00. The maximum Gasteiger partial charge on any atom is 0.331 e. The van der Waals surface area contributed by atoms with Crippen molar-refractivity contribution in [1.82, 2.24) is 9.55 Å². The van der Waals surface area contributed by atoms with Crippen LogP contribution in [0.5, 0.6) is 17.4 Å². The lowest BCUT2D eigenvalue weighted by atomic mass is 10.1. The number of hydrogen-bond acceptors (Lipinski definition) is 6. The number of ether oxygens (including phenoxy) is 2. The largest absolute Gasteiger partial charge is 0.497 e. The quantitative estimate of drug-likeness (QED) is 0.426.